The molecule has 0 spiro atoms. The Hall–Kier alpha value is -2.25. The largest absolute Gasteiger partial charge is 0.343 e. The smallest absolute Gasteiger partial charge is 0.252 e. The first-order valence-electron chi connectivity index (χ1n) is 7.52. The summed E-state index contributed by atoms with van der Waals surface area (Å²) >= 11 is 0. The molecule has 1 aliphatic rings. The Kier molecular flexibility index (Phi) is 4.15. The fourth-order valence-corrected chi connectivity index (χ4v) is 3.52. The topological polar surface area (TPSA) is 89.3 Å². The lowest BCUT2D eigenvalue weighted by atomic mass is 9.71. The molecular formula is C17H17FN2O3S. The number of nitrogens with one attached hydrogen (secondary N) is 1. The summed E-state index contributed by atoms with van der Waals surface area (Å²) in [6.45, 7) is 0. The van der Waals surface area contributed by atoms with Crippen molar-refractivity contribution in [1.82, 2.24) is 5.32 Å². The van der Waals surface area contributed by atoms with Gasteiger partial charge in [-0.15, -0.1) is 0 Å². The van der Waals surface area contributed by atoms with E-state index in [-0.39, 0.29) is 5.56 Å². The van der Waals surface area contributed by atoms with Gasteiger partial charge in [0, 0.05) is 5.56 Å². The van der Waals surface area contributed by atoms with E-state index in [0.717, 1.165) is 37.0 Å². The molecule has 0 heterocycles. The van der Waals surface area contributed by atoms with Crippen molar-refractivity contribution >= 4 is 15.9 Å². The van der Waals surface area contributed by atoms with Crippen LogP contribution in [0, 0.1) is 5.82 Å². The van der Waals surface area contributed by atoms with E-state index >= 15 is 0 Å². The Balaban J connectivity index is 1.86. The van der Waals surface area contributed by atoms with Crippen LogP contribution in [0.2, 0.25) is 0 Å². The Morgan fingerprint density at radius 1 is 1.12 bits per heavy atom. The molecule has 1 fully saturated rings. The molecule has 0 unspecified atom stereocenters. The molecule has 1 saturated carbocycles. The van der Waals surface area contributed by atoms with Crippen LogP contribution in [0.1, 0.15) is 35.2 Å². The summed E-state index contributed by atoms with van der Waals surface area (Å²) in [6, 6.07) is 12.8. The van der Waals surface area contributed by atoms with Gasteiger partial charge < -0.3 is 5.32 Å². The molecule has 1 aliphatic carbocycles. The van der Waals surface area contributed by atoms with Crippen LogP contribution in [-0.4, -0.2) is 14.3 Å². The molecule has 0 bridgehead atoms. The molecule has 0 aliphatic heterocycles. The van der Waals surface area contributed by atoms with E-state index in [4.69, 9.17) is 5.14 Å². The molecule has 0 radical (unpaired) electrons. The molecule has 2 aromatic rings. The monoisotopic (exact) mass is 348 g/mol. The summed E-state index contributed by atoms with van der Waals surface area (Å²) in [6.07, 6.45) is 2.61. The lowest BCUT2D eigenvalue weighted by Crippen LogP contribution is -2.50. The Labute approximate surface area is 139 Å². The number of halogens is 1. The van der Waals surface area contributed by atoms with Crippen molar-refractivity contribution in [3.05, 3.63) is 65.5 Å². The van der Waals surface area contributed by atoms with Crippen LogP contribution in [0.4, 0.5) is 4.39 Å². The van der Waals surface area contributed by atoms with Gasteiger partial charge in [0.05, 0.1) is 5.54 Å². The quantitative estimate of drug-likeness (QED) is 0.888. The molecule has 126 valence electrons. The average molecular weight is 348 g/mol. The minimum atomic E-state index is -4.15. The zero-order chi connectivity index (χ0) is 17.4. The first-order chi connectivity index (χ1) is 11.3. The van der Waals surface area contributed by atoms with Crippen molar-refractivity contribution in [2.75, 3.05) is 0 Å². The second kappa shape index (κ2) is 5.99. The minimum Gasteiger partial charge on any atom is -0.343 e. The molecule has 2 aromatic carbocycles. The zero-order valence-corrected chi connectivity index (χ0v) is 13.6. The van der Waals surface area contributed by atoms with Gasteiger partial charge in [-0.1, -0.05) is 30.3 Å². The van der Waals surface area contributed by atoms with E-state index in [2.05, 4.69) is 5.32 Å². The predicted molar refractivity (Wildman–Crippen MR) is 87.2 cm³/mol. The van der Waals surface area contributed by atoms with Crippen LogP contribution in [0.15, 0.2) is 53.4 Å². The molecule has 24 heavy (non-hydrogen) atoms. The summed E-state index contributed by atoms with van der Waals surface area (Å²) in [4.78, 5) is 11.9. The summed E-state index contributed by atoms with van der Waals surface area (Å²) in [5, 5.41) is 7.89. The molecule has 0 saturated heterocycles. The third-order valence-electron chi connectivity index (χ3n) is 4.39. The van der Waals surface area contributed by atoms with Gasteiger partial charge in [0.2, 0.25) is 10.0 Å². The van der Waals surface area contributed by atoms with Gasteiger partial charge in [-0.25, -0.2) is 17.9 Å². The summed E-state index contributed by atoms with van der Waals surface area (Å²) in [7, 11) is -4.15. The van der Waals surface area contributed by atoms with Gasteiger partial charge in [0.15, 0.2) is 0 Å². The van der Waals surface area contributed by atoms with E-state index in [9.17, 15) is 17.6 Å². The lowest BCUT2D eigenvalue weighted by Gasteiger charge is -2.43. The number of amides is 1. The number of carbonyl (C=O) groups is 1. The van der Waals surface area contributed by atoms with Crippen molar-refractivity contribution in [2.45, 2.75) is 29.7 Å². The average Bonchev–Trinajstić information content (AvgIpc) is 2.50. The normalized spacial score (nSPS) is 16.2. The Morgan fingerprint density at radius 2 is 1.79 bits per heavy atom. The minimum absolute atomic E-state index is 0.0575. The van der Waals surface area contributed by atoms with Crippen LogP contribution in [0.5, 0.6) is 0 Å². The maximum atomic E-state index is 13.9. The second-order valence-corrected chi connectivity index (χ2v) is 7.48. The van der Waals surface area contributed by atoms with E-state index in [1.54, 1.807) is 0 Å². The van der Waals surface area contributed by atoms with Crippen LogP contribution in [0.3, 0.4) is 0 Å². The highest BCUT2D eigenvalue weighted by atomic mass is 32.2. The number of hydrogen-bond donors (Lipinski definition) is 2. The highest BCUT2D eigenvalue weighted by Crippen LogP contribution is 2.41. The second-order valence-electron chi connectivity index (χ2n) is 5.95. The van der Waals surface area contributed by atoms with E-state index in [0.29, 0.717) is 0 Å². The van der Waals surface area contributed by atoms with Gasteiger partial charge in [-0.3, -0.25) is 4.79 Å². The Morgan fingerprint density at radius 3 is 2.29 bits per heavy atom. The van der Waals surface area contributed by atoms with Crippen LogP contribution >= 0.6 is 0 Å². The first-order valence-corrected chi connectivity index (χ1v) is 9.07. The van der Waals surface area contributed by atoms with Crippen molar-refractivity contribution < 1.29 is 17.6 Å². The molecule has 3 rings (SSSR count). The number of rotatable bonds is 4. The fraction of sp³-hybridized carbons (Fsp3) is 0.235. The van der Waals surface area contributed by atoms with Gasteiger partial charge in [0.1, 0.15) is 10.7 Å². The van der Waals surface area contributed by atoms with Crippen LogP contribution in [-0.2, 0) is 15.6 Å². The lowest BCUT2D eigenvalue weighted by molar-refractivity contribution is 0.0822. The number of benzene rings is 2. The molecular weight excluding hydrogens is 331 g/mol. The molecule has 7 heteroatoms. The van der Waals surface area contributed by atoms with E-state index in [1.165, 1.54) is 6.07 Å². The third kappa shape index (κ3) is 3.05. The Bertz CT molecular complexity index is 878. The van der Waals surface area contributed by atoms with Crippen molar-refractivity contribution in [3.63, 3.8) is 0 Å². The highest BCUT2D eigenvalue weighted by Gasteiger charge is 2.40. The number of carbonyl (C=O) groups excluding carboxylic acids is 1. The van der Waals surface area contributed by atoms with Gasteiger partial charge in [0.25, 0.3) is 5.91 Å². The highest BCUT2D eigenvalue weighted by molar-refractivity contribution is 7.89. The maximum Gasteiger partial charge on any atom is 0.252 e. The molecule has 3 N–H and O–H groups in total. The molecule has 0 atom stereocenters. The van der Waals surface area contributed by atoms with Gasteiger partial charge >= 0.3 is 0 Å². The summed E-state index contributed by atoms with van der Waals surface area (Å²) < 4.78 is 36.4. The first kappa shape index (κ1) is 16.6. The van der Waals surface area contributed by atoms with Gasteiger partial charge in [-0.2, -0.15) is 0 Å². The predicted octanol–water partition coefficient (Wildman–Crippen LogP) is 2.28. The fourth-order valence-electron chi connectivity index (χ4n) is 2.94. The van der Waals surface area contributed by atoms with Crippen molar-refractivity contribution in [1.29, 1.82) is 0 Å². The zero-order valence-electron chi connectivity index (χ0n) is 12.8. The summed E-state index contributed by atoms with van der Waals surface area (Å²) in [5.74, 6) is -1.48. The third-order valence-corrected chi connectivity index (χ3v) is 5.33. The number of nitrogens with two attached hydrogens (primary N) is 1. The van der Waals surface area contributed by atoms with Crippen LogP contribution < -0.4 is 10.5 Å². The summed E-state index contributed by atoms with van der Waals surface area (Å²) in [5.41, 5.74) is 0.612. The number of sulfonamides is 1. The standard InChI is InChI=1S/C17H17FN2O3S/c18-14-11-12(7-8-15(14)24(19,22)23)16(21)20-17(9-4-10-17)13-5-2-1-3-6-13/h1-3,5-8,11H,4,9-10H2,(H,20,21)(H2,19,22,23). The molecule has 5 nitrogen and oxygen atoms in total. The SMILES string of the molecule is NS(=O)(=O)c1ccc(C(=O)NC2(c3ccccc3)CCC2)cc1F. The molecule has 1 amide bonds. The van der Waals surface area contributed by atoms with E-state index < -0.39 is 32.2 Å². The maximum absolute atomic E-state index is 13.9. The van der Waals surface area contributed by atoms with Crippen molar-refractivity contribution in [3.8, 4) is 0 Å². The van der Waals surface area contributed by atoms with Gasteiger partial charge in [-0.05, 0) is 43.0 Å². The molecule has 0 aromatic heterocycles. The van der Waals surface area contributed by atoms with E-state index in [1.807, 2.05) is 30.3 Å². The van der Waals surface area contributed by atoms with Crippen LogP contribution in [0.25, 0.3) is 0 Å². The van der Waals surface area contributed by atoms with Crippen molar-refractivity contribution in [2.24, 2.45) is 5.14 Å². The number of primary sulfonamides is 1. The number of hydrogen-bond acceptors (Lipinski definition) is 3.